The van der Waals surface area contributed by atoms with E-state index in [9.17, 15) is 8.42 Å². The van der Waals surface area contributed by atoms with Crippen LogP contribution in [-0.2, 0) is 22.1 Å². The average Bonchev–Trinajstić information content (AvgIpc) is 2.43. The molecule has 0 atom stereocenters. The molecule has 1 rings (SSSR count). The standard InChI is InChI=1S/C15H25NO3S/c1-4-6-9-20(17,18)12-14-10-13(11-16-5-2)7-8-15(14)19-3/h7-8,10,16H,4-6,9,11-12H2,1-3H3. The molecule has 0 unspecified atom stereocenters. The van der Waals surface area contributed by atoms with E-state index in [4.69, 9.17) is 4.74 Å². The van der Waals surface area contributed by atoms with E-state index in [1.807, 2.05) is 32.0 Å². The van der Waals surface area contributed by atoms with E-state index in [0.717, 1.165) is 30.6 Å². The fourth-order valence-electron chi connectivity index (χ4n) is 2.00. The van der Waals surface area contributed by atoms with Crippen molar-refractivity contribution in [3.8, 4) is 5.75 Å². The quantitative estimate of drug-likeness (QED) is 0.761. The lowest BCUT2D eigenvalue weighted by Crippen LogP contribution is -2.13. The molecule has 0 amide bonds. The van der Waals surface area contributed by atoms with Crippen LogP contribution in [0.25, 0.3) is 0 Å². The van der Waals surface area contributed by atoms with Gasteiger partial charge in [0.05, 0.1) is 18.6 Å². The predicted octanol–water partition coefficient (Wildman–Crippen LogP) is 2.52. The zero-order valence-electron chi connectivity index (χ0n) is 12.6. The van der Waals surface area contributed by atoms with Crippen LogP contribution in [0.2, 0.25) is 0 Å². The largest absolute Gasteiger partial charge is 0.496 e. The summed E-state index contributed by atoms with van der Waals surface area (Å²) < 4.78 is 29.4. The Kier molecular flexibility index (Phi) is 7.02. The maximum Gasteiger partial charge on any atom is 0.154 e. The minimum Gasteiger partial charge on any atom is -0.496 e. The number of hydrogen-bond acceptors (Lipinski definition) is 4. The molecule has 0 saturated carbocycles. The highest BCUT2D eigenvalue weighted by Crippen LogP contribution is 2.23. The van der Waals surface area contributed by atoms with Crippen LogP contribution < -0.4 is 10.1 Å². The molecule has 0 heterocycles. The molecule has 1 aromatic carbocycles. The molecule has 0 fully saturated rings. The Morgan fingerprint density at radius 1 is 1.25 bits per heavy atom. The summed E-state index contributed by atoms with van der Waals surface area (Å²) in [5.41, 5.74) is 1.83. The normalized spacial score (nSPS) is 11.6. The van der Waals surface area contributed by atoms with Crippen molar-refractivity contribution in [2.75, 3.05) is 19.4 Å². The number of rotatable bonds is 9. The molecule has 114 valence electrons. The van der Waals surface area contributed by atoms with Crippen molar-refractivity contribution in [1.82, 2.24) is 5.32 Å². The van der Waals surface area contributed by atoms with Crippen LogP contribution in [0.3, 0.4) is 0 Å². The lowest BCUT2D eigenvalue weighted by molar-refractivity contribution is 0.410. The monoisotopic (exact) mass is 299 g/mol. The lowest BCUT2D eigenvalue weighted by atomic mass is 10.1. The smallest absolute Gasteiger partial charge is 0.154 e. The van der Waals surface area contributed by atoms with Gasteiger partial charge in [-0.3, -0.25) is 0 Å². The Morgan fingerprint density at radius 3 is 2.60 bits per heavy atom. The van der Waals surface area contributed by atoms with Gasteiger partial charge in [-0.25, -0.2) is 8.42 Å². The molecular weight excluding hydrogens is 274 g/mol. The molecule has 0 aliphatic rings. The van der Waals surface area contributed by atoms with Gasteiger partial charge < -0.3 is 10.1 Å². The van der Waals surface area contributed by atoms with E-state index >= 15 is 0 Å². The number of ether oxygens (including phenoxy) is 1. The second kappa shape index (κ2) is 8.27. The van der Waals surface area contributed by atoms with E-state index in [1.165, 1.54) is 0 Å². The number of benzene rings is 1. The van der Waals surface area contributed by atoms with E-state index in [1.54, 1.807) is 7.11 Å². The predicted molar refractivity (Wildman–Crippen MR) is 82.8 cm³/mol. The van der Waals surface area contributed by atoms with E-state index in [2.05, 4.69) is 5.32 Å². The van der Waals surface area contributed by atoms with E-state index in [-0.39, 0.29) is 11.5 Å². The van der Waals surface area contributed by atoms with Crippen LogP contribution >= 0.6 is 0 Å². The van der Waals surface area contributed by atoms with Gasteiger partial charge in [-0.15, -0.1) is 0 Å². The average molecular weight is 299 g/mol. The molecule has 5 heteroatoms. The summed E-state index contributed by atoms with van der Waals surface area (Å²) in [4.78, 5) is 0. The van der Waals surface area contributed by atoms with Crippen LogP contribution in [0.1, 0.15) is 37.8 Å². The van der Waals surface area contributed by atoms with Crippen molar-refractivity contribution >= 4 is 9.84 Å². The summed E-state index contributed by atoms with van der Waals surface area (Å²) in [7, 11) is -1.50. The summed E-state index contributed by atoms with van der Waals surface area (Å²) in [5, 5.41) is 3.24. The summed E-state index contributed by atoms with van der Waals surface area (Å²) in [6.07, 6.45) is 1.60. The lowest BCUT2D eigenvalue weighted by Gasteiger charge is -2.11. The van der Waals surface area contributed by atoms with E-state index in [0.29, 0.717) is 12.2 Å². The molecule has 0 spiro atoms. The van der Waals surface area contributed by atoms with Gasteiger partial charge in [0.2, 0.25) is 0 Å². The molecule has 1 aromatic rings. The van der Waals surface area contributed by atoms with Crippen molar-refractivity contribution in [2.45, 2.75) is 39.0 Å². The molecule has 20 heavy (non-hydrogen) atoms. The zero-order chi connectivity index (χ0) is 15.0. The van der Waals surface area contributed by atoms with E-state index < -0.39 is 9.84 Å². The Balaban J connectivity index is 2.90. The van der Waals surface area contributed by atoms with Gasteiger partial charge in [-0.1, -0.05) is 26.3 Å². The topological polar surface area (TPSA) is 55.4 Å². The maximum atomic E-state index is 12.1. The summed E-state index contributed by atoms with van der Waals surface area (Å²) in [5.74, 6) is 0.936. The van der Waals surface area contributed by atoms with Crippen LogP contribution in [0.5, 0.6) is 5.75 Å². The molecule has 1 N–H and O–H groups in total. The first-order valence-corrected chi connectivity index (χ1v) is 8.91. The van der Waals surface area contributed by atoms with Crippen LogP contribution in [-0.4, -0.2) is 27.8 Å². The van der Waals surface area contributed by atoms with Gasteiger partial charge >= 0.3 is 0 Å². The van der Waals surface area contributed by atoms with Gasteiger partial charge in [0.15, 0.2) is 9.84 Å². The first kappa shape index (κ1) is 17.0. The Morgan fingerprint density at radius 2 is 2.00 bits per heavy atom. The van der Waals surface area contributed by atoms with Crippen molar-refractivity contribution < 1.29 is 13.2 Å². The Labute approximate surface area is 122 Å². The van der Waals surface area contributed by atoms with Crippen molar-refractivity contribution in [2.24, 2.45) is 0 Å². The van der Waals surface area contributed by atoms with Crippen LogP contribution in [0, 0.1) is 0 Å². The minimum absolute atomic E-state index is 0.0517. The van der Waals surface area contributed by atoms with Crippen LogP contribution in [0.15, 0.2) is 18.2 Å². The van der Waals surface area contributed by atoms with Gasteiger partial charge in [0.1, 0.15) is 5.75 Å². The van der Waals surface area contributed by atoms with Crippen molar-refractivity contribution in [1.29, 1.82) is 0 Å². The summed E-state index contributed by atoms with van der Waals surface area (Å²) >= 11 is 0. The molecule has 0 radical (unpaired) electrons. The highest BCUT2D eigenvalue weighted by atomic mass is 32.2. The van der Waals surface area contributed by atoms with Crippen LogP contribution in [0.4, 0.5) is 0 Å². The minimum atomic E-state index is -3.07. The Hall–Kier alpha value is -1.07. The number of unbranched alkanes of at least 4 members (excludes halogenated alkanes) is 1. The Bertz CT molecular complexity index is 512. The number of hydrogen-bond donors (Lipinski definition) is 1. The first-order chi connectivity index (χ1) is 9.52. The number of sulfone groups is 1. The fraction of sp³-hybridized carbons (Fsp3) is 0.600. The second-order valence-electron chi connectivity index (χ2n) is 4.87. The molecule has 0 aliphatic carbocycles. The SMILES string of the molecule is CCCCS(=O)(=O)Cc1cc(CNCC)ccc1OC. The number of methoxy groups -OCH3 is 1. The van der Waals surface area contributed by atoms with Gasteiger partial charge in [0, 0.05) is 12.1 Å². The third-order valence-electron chi connectivity index (χ3n) is 3.11. The van der Waals surface area contributed by atoms with Gasteiger partial charge in [-0.05, 0) is 30.7 Å². The summed E-state index contributed by atoms with van der Waals surface area (Å²) in [6.45, 7) is 5.66. The number of nitrogens with one attached hydrogen (secondary N) is 1. The molecular formula is C15H25NO3S. The molecule has 0 aliphatic heterocycles. The highest BCUT2D eigenvalue weighted by Gasteiger charge is 2.15. The molecule has 4 nitrogen and oxygen atoms in total. The highest BCUT2D eigenvalue weighted by molar-refractivity contribution is 7.90. The fourth-order valence-corrected chi connectivity index (χ4v) is 3.57. The summed E-state index contributed by atoms with van der Waals surface area (Å²) in [6, 6.07) is 5.73. The molecule has 0 bridgehead atoms. The van der Waals surface area contributed by atoms with Gasteiger partial charge in [-0.2, -0.15) is 0 Å². The third-order valence-corrected chi connectivity index (χ3v) is 4.77. The van der Waals surface area contributed by atoms with Crippen molar-refractivity contribution in [3.63, 3.8) is 0 Å². The second-order valence-corrected chi connectivity index (χ2v) is 7.06. The van der Waals surface area contributed by atoms with Crippen molar-refractivity contribution in [3.05, 3.63) is 29.3 Å². The third kappa shape index (κ3) is 5.51. The molecule has 0 aromatic heterocycles. The molecule has 0 saturated heterocycles. The maximum absolute atomic E-state index is 12.1. The zero-order valence-corrected chi connectivity index (χ0v) is 13.4. The first-order valence-electron chi connectivity index (χ1n) is 7.09. The van der Waals surface area contributed by atoms with Gasteiger partial charge in [0.25, 0.3) is 0 Å².